The van der Waals surface area contributed by atoms with E-state index in [1.54, 1.807) is 47.6 Å². The van der Waals surface area contributed by atoms with Crippen LogP contribution in [0.1, 0.15) is 32.7 Å². The molecule has 0 fully saturated rings. The molecular formula is C22H18FN3O2. The van der Waals surface area contributed by atoms with Crippen LogP contribution in [0.4, 0.5) is 15.8 Å². The van der Waals surface area contributed by atoms with Gasteiger partial charge in [0.2, 0.25) is 0 Å². The van der Waals surface area contributed by atoms with Crippen LogP contribution in [0.2, 0.25) is 0 Å². The molecule has 28 heavy (non-hydrogen) atoms. The van der Waals surface area contributed by atoms with Crippen molar-refractivity contribution in [2.75, 3.05) is 16.8 Å². The number of fused-ring (bicyclic) bond motifs is 1. The third-order valence-corrected chi connectivity index (χ3v) is 4.73. The van der Waals surface area contributed by atoms with Crippen molar-refractivity contribution in [1.82, 2.24) is 4.98 Å². The number of nitrogens with one attached hydrogen (secondary N) is 1. The standard InChI is InChI=1S/C22H18FN3O2/c23-19-8-2-1-7-18(19)21(27)25-17-9-10-20-15(13-17)6-4-12-26(20)22(28)16-5-3-11-24-14-16/h1-3,5,7-11,13-14H,4,6,12H2,(H,25,27). The molecule has 1 N–H and O–H groups in total. The summed E-state index contributed by atoms with van der Waals surface area (Å²) in [5, 5.41) is 2.73. The first-order valence-electron chi connectivity index (χ1n) is 9.04. The van der Waals surface area contributed by atoms with Crippen LogP contribution in [-0.4, -0.2) is 23.3 Å². The van der Waals surface area contributed by atoms with Gasteiger partial charge in [0, 0.05) is 30.3 Å². The zero-order chi connectivity index (χ0) is 19.5. The number of anilines is 2. The average molecular weight is 375 g/mol. The van der Waals surface area contributed by atoms with Gasteiger partial charge in [0.15, 0.2) is 0 Å². The number of carbonyl (C=O) groups is 2. The molecule has 0 atom stereocenters. The maximum atomic E-state index is 13.8. The summed E-state index contributed by atoms with van der Waals surface area (Å²) in [5.74, 6) is -1.17. The largest absolute Gasteiger partial charge is 0.322 e. The SMILES string of the molecule is O=C(Nc1ccc2c(c1)CCCN2C(=O)c1cccnc1)c1ccccc1F. The predicted molar refractivity (Wildman–Crippen MR) is 105 cm³/mol. The number of aromatic nitrogens is 1. The maximum absolute atomic E-state index is 13.8. The summed E-state index contributed by atoms with van der Waals surface area (Å²) in [5.41, 5.74) is 2.89. The van der Waals surface area contributed by atoms with E-state index in [0.717, 1.165) is 24.1 Å². The molecule has 0 saturated heterocycles. The Kier molecular flexibility index (Phi) is 4.85. The van der Waals surface area contributed by atoms with E-state index in [0.29, 0.717) is 17.8 Å². The van der Waals surface area contributed by atoms with Crippen LogP contribution in [0.3, 0.4) is 0 Å². The molecule has 0 saturated carbocycles. The molecule has 1 aliphatic heterocycles. The number of halogens is 1. The summed E-state index contributed by atoms with van der Waals surface area (Å²) in [4.78, 5) is 30.9. The van der Waals surface area contributed by atoms with E-state index in [2.05, 4.69) is 10.3 Å². The van der Waals surface area contributed by atoms with Gasteiger partial charge < -0.3 is 10.2 Å². The van der Waals surface area contributed by atoms with Gasteiger partial charge in [-0.2, -0.15) is 0 Å². The van der Waals surface area contributed by atoms with E-state index in [1.165, 1.54) is 12.1 Å². The third-order valence-electron chi connectivity index (χ3n) is 4.73. The van der Waals surface area contributed by atoms with Gasteiger partial charge >= 0.3 is 0 Å². The number of pyridine rings is 1. The number of hydrogen-bond donors (Lipinski definition) is 1. The Labute approximate surface area is 161 Å². The Morgan fingerprint density at radius 2 is 1.93 bits per heavy atom. The summed E-state index contributed by atoms with van der Waals surface area (Å²) < 4.78 is 13.8. The van der Waals surface area contributed by atoms with Crippen molar-refractivity contribution in [1.29, 1.82) is 0 Å². The second-order valence-electron chi connectivity index (χ2n) is 6.58. The highest BCUT2D eigenvalue weighted by molar-refractivity contribution is 6.07. The molecule has 4 rings (SSSR count). The highest BCUT2D eigenvalue weighted by atomic mass is 19.1. The van der Waals surface area contributed by atoms with Gasteiger partial charge in [-0.15, -0.1) is 0 Å². The smallest absolute Gasteiger partial charge is 0.259 e. The first-order chi connectivity index (χ1) is 13.6. The molecule has 1 aliphatic rings. The van der Waals surface area contributed by atoms with Crippen molar-refractivity contribution in [3.8, 4) is 0 Å². The average Bonchev–Trinajstić information content (AvgIpc) is 2.73. The number of amides is 2. The zero-order valence-electron chi connectivity index (χ0n) is 15.1. The second kappa shape index (κ2) is 7.60. The molecule has 2 aromatic carbocycles. The quantitative estimate of drug-likeness (QED) is 0.751. The Hall–Kier alpha value is -3.54. The molecule has 140 valence electrons. The Morgan fingerprint density at radius 1 is 1.07 bits per heavy atom. The summed E-state index contributed by atoms with van der Waals surface area (Å²) in [6.07, 6.45) is 4.81. The first-order valence-corrected chi connectivity index (χ1v) is 9.04. The summed E-state index contributed by atoms with van der Waals surface area (Å²) >= 11 is 0. The van der Waals surface area contributed by atoms with Gasteiger partial charge in [-0.1, -0.05) is 12.1 Å². The minimum Gasteiger partial charge on any atom is -0.322 e. The summed E-state index contributed by atoms with van der Waals surface area (Å²) in [7, 11) is 0. The molecule has 0 radical (unpaired) electrons. The molecule has 3 aromatic rings. The van der Waals surface area contributed by atoms with Crippen molar-refractivity contribution in [2.24, 2.45) is 0 Å². The minimum absolute atomic E-state index is 0.00592. The number of rotatable bonds is 3. The van der Waals surface area contributed by atoms with Gasteiger partial charge in [-0.05, 0) is 60.9 Å². The lowest BCUT2D eigenvalue weighted by molar-refractivity contribution is 0.0982. The molecule has 1 aromatic heterocycles. The van der Waals surface area contributed by atoms with Gasteiger partial charge in [-0.25, -0.2) is 4.39 Å². The lowest BCUT2D eigenvalue weighted by Crippen LogP contribution is -2.35. The molecule has 6 heteroatoms. The molecule has 0 bridgehead atoms. The van der Waals surface area contributed by atoms with Crippen LogP contribution in [-0.2, 0) is 6.42 Å². The Bertz CT molecular complexity index is 1040. The van der Waals surface area contributed by atoms with Crippen molar-refractivity contribution >= 4 is 23.2 Å². The summed E-state index contributed by atoms with van der Waals surface area (Å²) in [6.45, 7) is 0.627. The van der Waals surface area contributed by atoms with Crippen molar-refractivity contribution < 1.29 is 14.0 Å². The molecule has 2 heterocycles. The van der Waals surface area contributed by atoms with Crippen molar-refractivity contribution in [3.05, 3.63) is 89.5 Å². The topological polar surface area (TPSA) is 62.3 Å². The van der Waals surface area contributed by atoms with E-state index in [-0.39, 0.29) is 11.5 Å². The molecule has 5 nitrogen and oxygen atoms in total. The Morgan fingerprint density at radius 3 is 2.71 bits per heavy atom. The number of hydrogen-bond acceptors (Lipinski definition) is 3. The lowest BCUT2D eigenvalue weighted by Gasteiger charge is -2.30. The van der Waals surface area contributed by atoms with Crippen LogP contribution in [0, 0.1) is 5.82 Å². The highest BCUT2D eigenvalue weighted by Gasteiger charge is 2.24. The van der Waals surface area contributed by atoms with Gasteiger partial charge in [-0.3, -0.25) is 14.6 Å². The van der Waals surface area contributed by atoms with Crippen LogP contribution in [0.5, 0.6) is 0 Å². The van der Waals surface area contributed by atoms with Crippen molar-refractivity contribution in [2.45, 2.75) is 12.8 Å². The van der Waals surface area contributed by atoms with E-state index in [1.807, 2.05) is 12.1 Å². The van der Waals surface area contributed by atoms with Crippen molar-refractivity contribution in [3.63, 3.8) is 0 Å². The summed E-state index contributed by atoms with van der Waals surface area (Å²) in [6, 6.07) is 14.7. The zero-order valence-corrected chi connectivity index (χ0v) is 15.1. The normalized spacial score (nSPS) is 13.0. The minimum atomic E-state index is -0.564. The molecule has 0 spiro atoms. The molecule has 0 unspecified atom stereocenters. The van der Waals surface area contributed by atoms with Crippen LogP contribution >= 0.6 is 0 Å². The van der Waals surface area contributed by atoms with Crippen LogP contribution < -0.4 is 10.2 Å². The number of benzene rings is 2. The number of nitrogens with zero attached hydrogens (tertiary/aromatic N) is 2. The fraction of sp³-hybridized carbons (Fsp3) is 0.136. The second-order valence-corrected chi connectivity index (χ2v) is 6.58. The number of carbonyl (C=O) groups excluding carboxylic acids is 2. The maximum Gasteiger partial charge on any atom is 0.259 e. The predicted octanol–water partition coefficient (Wildman–Crippen LogP) is 4.07. The first kappa shape index (κ1) is 17.9. The van der Waals surface area contributed by atoms with Crippen LogP contribution in [0.15, 0.2) is 67.0 Å². The van der Waals surface area contributed by atoms with Gasteiger partial charge in [0.25, 0.3) is 11.8 Å². The lowest BCUT2D eigenvalue weighted by atomic mass is 10.00. The highest BCUT2D eigenvalue weighted by Crippen LogP contribution is 2.31. The van der Waals surface area contributed by atoms with Gasteiger partial charge in [0.05, 0.1) is 11.1 Å². The third kappa shape index (κ3) is 3.49. The molecule has 2 amide bonds. The fourth-order valence-corrected chi connectivity index (χ4v) is 3.37. The van der Waals surface area contributed by atoms with Gasteiger partial charge in [0.1, 0.15) is 5.82 Å². The Balaban J connectivity index is 1.58. The molecular weight excluding hydrogens is 357 g/mol. The van der Waals surface area contributed by atoms with E-state index < -0.39 is 11.7 Å². The van der Waals surface area contributed by atoms with E-state index >= 15 is 0 Å². The molecule has 0 aliphatic carbocycles. The monoisotopic (exact) mass is 375 g/mol. The van der Waals surface area contributed by atoms with E-state index in [9.17, 15) is 14.0 Å². The number of aryl methyl sites for hydroxylation is 1. The van der Waals surface area contributed by atoms with E-state index in [4.69, 9.17) is 0 Å². The fourth-order valence-electron chi connectivity index (χ4n) is 3.37. The van der Waals surface area contributed by atoms with Crippen LogP contribution in [0.25, 0.3) is 0 Å².